The van der Waals surface area contributed by atoms with Crippen LogP contribution in [0.4, 0.5) is 0 Å². The van der Waals surface area contributed by atoms with Crippen molar-refractivity contribution < 1.29 is 0 Å². The zero-order chi connectivity index (χ0) is 12.8. The fraction of sp³-hybridized carbons (Fsp3) is 0.667. The van der Waals surface area contributed by atoms with Crippen LogP contribution in [-0.2, 0) is 0 Å². The van der Waals surface area contributed by atoms with Crippen molar-refractivity contribution in [2.24, 2.45) is 11.8 Å². The Balaban J connectivity index is 1.83. The van der Waals surface area contributed by atoms with Crippen LogP contribution in [-0.4, -0.2) is 0 Å². The molecule has 0 saturated heterocycles. The van der Waals surface area contributed by atoms with Crippen LogP contribution in [0.3, 0.4) is 0 Å². The van der Waals surface area contributed by atoms with Crippen molar-refractivity contribution in [1.29, 1.82) is 0 Å². The van der Waals surface area contributed by atoms with E-state index in [2.05, 4.69) is 44.2 Å². The highest BCUT2D eigenvalue weighted by Gasteiger charge is 2.22. The Bertz CT molecular complexity index is 321. The Labute approximate surface area is 113 Å². The van der Waals surface area contributed by atoms with Gasteiger partial charge in [-0.2, -0.15) is 0 Å². The molecule has 1 unspecified atom stereocenters. The molecular formula is C18H28. The SMILES string of the molecule is CCC(CC[C@@H](C)C1CCCC1)c1ccccc1. The largest absolute Gasteiger partial charge is 0.0648 e. The quantitative estimate of drug-likeness (QED) is 0.594. The topological polar surface area (TPSA) is 0 Å². The van der Waals surface area contributed by atoms with E-state index < -0.39 is 0 Å². The first kappa shape index (κ1) is 13.6. The molecule has 1 saturated carbocycles. The van der Waals surface area contributed by atoms with Gasteiger partial charge < -0.3 is 0 Å². The highest BCUT2D eigenvalue weighted by molar-refractivity contribution is 5.19. The molecular weight excluding hydrogens is 216 g/mol. The van der Waals surface area contributed by atoms with E-state index in [-0.39, 0.29) is 0 Å². The molecule has 0 aromatic heterocycles. The molecule has 0 N–H and O–H groups in total. The summed E-state index contributed by atoms with van der Waals surface area (Å²) in [6.45, 7) is 4.81. The molecule has 1 fully saturated rings. The summed E-state index contributed by atoms with van der Waals surface area (Å²) in [6.07, 6.45) is 10.0. The highest BCUT2D eigenvalue weighted by atomic mass is 14.3. The second-order valence-corrected chi connectivity index (χ2v) is 6.12. The molecule has 0 spiro atoms. The first-order valence-electron chi connectivity index (χ1n) is 7.86. The molecule has 2 atom stereocenters. The smallest absolute Gasteiger partial charge is 0.0164 e. The second kappa shape index (κ2) is 6.97. The lowest BCUT2D eigenvalue weighted by Crippen LogP contribution is -2.09. The van der Waals surface area contributed by atoms with Crippen molar-refractivity contribution in [1.82, 2.24) is 0 Å². The second-order valence-electron chi connectivity index (χ2n) is 6.12. The minimum Gasteiger partial charge on any atom is -0.0648 e. The van der Waals surface area contributed by atoms with Gasteiger partial charge in [-0.05, 0) is 42.6 Å². The Kier molecular flexibility index (Phi) is 5.28. The third-order valence-electron chi connectivity index (χ3n) is 4.94. The van der Waals surface area contributed by atoms with Crippen molar-refractivity contribution in [3.05, 3.63) is 35.9 Å². The first-order chi connectivity index (χ1) is 8.81. The van der Waals surface area contributed by atoms with Crippen LogP contribution < -0.4 is 0 Å². The Morgan fingerprint density at radius 3 is 2.33 bits per heavy atom. The summed E-state index contributed by atoms with van der Waals surface area (Å²) in [5.41, 5.74) is 1.54. The van der Waals surface area contributed by atoms with Crippen LogP contribution in [0.5, 0.6) is 0 Å². The zero-order valence-electron chi connectivity index (χ0n) is 12.1. The van der Waals surface area contributed by atoms with Gasteiger partial charge in [0.2, 0.25) is 0 Å². The third kappa shape index (κ3) is 3.60. The van der Waals surface area contributed by atoms with Gasteiger partial charge in [0.05, 0.1) is 0 Å². The van der Waals surface area contributed by atoms with Gasteiger partial charge in [0.25, 0.3) is 0 Å². The average Bonchev–Trinajstić information content (AvgIpc) is 2.94. The average molecular weight is 244 g/mol. The van der Waals surface area contributed by atoms with Gasteiger partial charge in [-0.3, -0.25) is 0 Å². The Hall–Kier alpha value is -0.780. The highest BCUT2D eigenvalue weighted by Crippen LogP contribution is 2.35. The van der Waals surface area contributed by atoms with Crippen LogP contribution in [0.15, 0.2) is 30.3 Å². The van der Waals surface area contributed by atoms with Crippen molar-refractivity contribution in [2.45, 2.75) is 64.7 Å². The van der Waals surface area contributed by atoms with E-state index in [1.807, 2.05) is 0 Å². The molecule has 0 heteroatoms. The number of benzene rings is 1. The molecule has 1 aromatic rings. The summed E-state index contributed by atoms with van der Waals surface area (Å²) < 4.78 is 0. The van der Waals surface area contributed by atoms with E-state index in [9.17, 15) is 0 Å². The minimum atomic E-state index is 0.773. The van der Waals surface area contributed by atoms with Gasteiger partial charge in [0.1, 0.15) is 0 Å². The van der Waals surface area contributed by atoms with Crippen LogP contribution in [0, 0.1) is 11.8 Å². The summed E-state index contributed by atoms with van der Waals surface area (Å²) in [7, 11) is 0. The zero-order valence-corrected chi connectivity index (χ0v) is 12.1. The molecule has 1 aromatic carbocycles. The summed E-state index contributed by atoms with van der Waals surface area (Å²) >= 11 is 0. The predicted octanol–water partition coefficient (Wildman–Crippen LogP) is 5.79. The lowest BCUT2D eigenvalue weighted by molar-refractivity contribution is 0.327. The minimum absolute atomic E-state index is 0.773. The van der Waals surface area contributed by atoms with Crippen LogP contribution >= 0.6 is 0 Å². The van der Waals surface area contributed by atoms with E-state index >= 15 is 0 Å². The first-order valence-corrected chi connectivity index (χ1v) is 7.86. The lowest BCUT2D eigenvalue weighted by Gasteiger charge is -2.22. The normalized spacial score (nSPS) is 19.9. The van der Waals surface area contributed by atoms with E-state index in [1.54, 1.807) is 5.56 Å². The van der Waals surface area contributed by atoms with Crippen LogP contribution in [0.25, 0.3) is 0 Å². The van der Waals surface area contributed by atoms with Gasteiger partial charge in [-0.25, -0.2) is 0 Å². The Morgan fingerprint density at radius 1 is 1.06 bits per heavy atom. The van der Waals surface area contributed by atoms with Gasteiger partial charge in [-0.1, -0.05) is 69.9 Å². The van der Waals surface area contributed by atoms with Crippen molar-refractivity contribution >= 4 is 0 Å². The van der Waals surface area contributed by atoms with E-state index in [1.165, 1.54) is 44.9 Å². The molecule has 2 rings (SSSR count). The number of rotatable bonds is 6. The molecule has 1 aliphatic carbocycles. The van der Waals surface area contributed by atoms with Crippen molar-refractivity contribution in [3.63, 3.8) is 0 Å². The summed E-state index contributed by atoms with van der Waals surface area (Å²) in [5.74, 6) is 2.73. The number of hydrogen-bond acceptors (Lipinski definition) is 0. The molecule has 18 heavy (non-hydrogen) atoms. The lowest BCUT2D eigenvalue weighted by atomic mass is 9.83. The van der Waals surface area contributed by atoms with Crippen molar-refractivity contribution in [2.75, 3.05) is 0 Å². The van der Waals surface area contributed by atoms with E-state index in [0.717, 1.165) is 17.8 Å². The maximum Gasteiger partial charge on any atom is -0.0164 e. The van der Waals surface area contributed by atoms with Crippen LogP contribution in [0.2, 0.25) is 0 Å². The van der Waals surface area contributed by atoms with Gasteiger partial charge in [0.15, 0.2) is 0 Å². The molecule has 0 radical (unpaired) electrons. The summed E-state index contributed by atoms with van der Waals surface area (Å²) in [4.78, 5) is 0. The van der Waals surface area contributed by atoms with Gasteiger partial charge in [0, 0.05) is 0 Å². The van der Waals surface area contributed by atoms with Crippen molar-refractivity contribution in [3.8, 4) is 0 Å². The molecule has 100 valence electrons. The Morgan fingerprint density at radius 2 is 1.72 bits per heavy atom. The monoisotopic (exact) mass is 244 g/mol. The molecule has 0 amide bonds. The molecule has 0 bridgehead atoms. The maximum atomic E-state index is 2.48. The summed E-state index contributed by atoms with van der Waals surface area (Å²) in [5, 5.41) is 0. The fourth-order valence-electron chi connectivity index (χ4n) is 3.56. The summed E-state index contributed by atoms with van der Waals surface area (Å²) in [6, 6.07) is 11.1. The van der Waals surface area contributed by atoms with Crippen LogP contribution in [0.1, 0.15) is 70.3 Å². The van der Waals surface area contributed by atoms with Gasteiger partial charge >= 0.3 is 0 Å². The molecule has 1 aliphatic rings. The molecule has 0 heterocycles. The maximum absolute atomic E-state index is 2.48. The van der Waals surface area contributed by atoms with E-state index in [0.29, 0.717) is 0 Å². The van der Waals surface area contributed by atoms with E-state index in [4.69, 9.17) is 0 Å². The number of hydrogen-bond donors (Lipinski definition) is 0. The van der Waals surface area contributed by atoms with Gasteiger partial charge in [-0.15, -0.1) is 0 Å². The predicted molar refractivity (Wildman–Crippen MR) is 79.8 cm³/mol. The fourth-order valence-corrected chi connectivity index (χ4v) is 3.56. The molecule has 0 aliphatic heterocycles. The molecule has 0 nitrogen and oxygen atoms in total. The third-order valence-corrected chi connectivity index (χ3v) is 4.94. The standard InChI is InChI=1S/C18H28/c1-3-16(18-11-5-4-6-12-18)14-13-15(2)17-9-7-8-10-17/h4-6,11-12,15-17H,3,7-10,13-14H2,1-2H3/t15-,16?/m1/s1.